The van der Waals surface area contributed by atoms with Crippen molar-refractivity contribution in [2.75, 3.05) is 5.32 Å². The number of thiazole rings is 1. The molecule has 1 heterocycles. The van der Waals surface area contributed by atoms with Crippen LogP contribution in [0.5, 0.6) is 0 Å². The van der Waals surface area contributed by atoms with E-state index in [0.717, 1.165) is 28.7 Å². The van der Waals surface area contributed by atoms with Gasteiger partial charge in [-0.15, -0.1) is 0 Å². The standard InChI is InChI=1S/C12H11N3O3S/c1-7-3-4-9(8(2)5-7)11(16)14-12-13-6-10(19-12)15(17)18/h3-6H,1-2H3,(H,13,14,16). The van der Waals surface area contributed by atoms with Crippen molar-refractivity contribution >= 4 is 27.4 Å². The van der Waals surface area contributed by atoms with Gasteiger partial charge in [-0.25, -0.2) is 4.98 Å². The predicted octanol–water partition coefficient (Wildman–Crippen LogP) is 2.92. The first-order chi connectivity index (χ1) is 8.97. The van der Waals surface area contributed by atoms with Crippen molar-refractivity contribution < 1.29 is 9.72 Å². The van der Waals surface area contributed by atoms with Crippen molar-refractivity contribution in [3.8, 4) is 0 Å². The second-order valence-corrected chi connectivity index (χ2v) is 5.04. The van der Waals surface area contributed by atoms with Crippen molar-refractivity contribution in [3.05, 3.63) is 51.2 Å². The van der Waals surface area contributed by atoms with Crippen molar-refractivity contribution in [1.82, 2.24) is 4.98 Å². The summed E-state index contributed by atoms with van der Waals surface area (Å²) in [5.74, 6) is -0.318. The maximum absolute atomic E-state index is 12.0. The number of hydrogen-bond donors (Lipinski definition) is 1. The Balaban J connectivity index is 2.18. The molecule has 19 heavy (non-hydrogen) atoms. The highest BCUT2D eigenvalue weighted by atomic mass is 32.1. The molecule has 0 saturated carbocycles. The minimum atomic E-state index is -0.537. The van der Waals surface area contributed by atoms with Crippen molar-refractivity contribution in [1.29, 1.82) is 0 Å². The number of carbonyl (C=O) groups is 1. The molecule has 2 aromatic rings. The Morgan fingerprint density at radius 3 is 2.74 bits per heavy atom. The fraction of sp³-hybridized carbons (Fsp3) is 0.167. The number of nitro groups is 1. The zero-order valence-electron chi connectivity index (χ0n) is 10.3. The molecule has 0 spiro atoms. The Morgan fingerprint density at radius 2 is 2.16 bits per heavy atom. The van der Waals surface area contributed by atoms with Gasteiger partial charge < -0.3 is 0 Å². The first-order valence-electron chi connectivity index (χ1n) is 5.46. The van der Waals surface area contributed by atoms with Crippen LogP contribution in [0, 0.1) is 24.0 Å². The average molecular weight is 277 g/mol. The lowest BCUT2D eigenvalue weighted by Crippen LogP contribution is -2.13. The van der Waals surface area contributed by atoms with Crippen LogP contribution < -0.4 is 5.32 Å². The Hall–Kier alpha value is -2.28. The van der Waals surface area contributed by atoms with E-state index in [4.69, 9.17) is 0 Å². The summed E-state index contributed by atoms with van der Waals surface area (Å²) in [5.41, 5.74) is 2.45. The number of aryl methyl sites for hydroxylation is 2. The molecule has 1 aromatic carbocycles. The summed E-state index contributed by atoms with van der Waals surface area (Å²) in [4.78, 5) is 25.8. The molecule has 98 valence electrons. The van der Waals surface area contributed by atoms with Gasteiger partial charge in [-0.05, 0) is 36.8 Å². The molecule has 0 unspecified atom stereocenters. The van der Waals surface area contributed by atoms with E-state index < -0.39 is 4.92 Å². The van der Waals surface area contributed by atoms with E-state index in [-0.39, 0.29) is 16.0 Å². The highest BCUT2D eigenvalue weighted by Crippen LogP contribution is 2.25. The molecule has 0 aliphatic rings. The fourth-order valence-corrected chi connectivity index (χ4v) is 2.27. The summed E-state index contributed by atoms with van der Waals surface area (Å²) >= 11 is 0.831. The number of hydrogen-bond acceptors (Lipinski definition) is 5. The lowest BCUT2D eigenvalue weighted by atomic mass is 10.1. The molecule has 1 aromatic heterocycles. The van der Waals surface area contributed by atoms with Crippen molar-refractivity contribution in [2.45, 2.75) is 13.8 Å². The molecule has 0 aliphatic heterocycles. The summed E-state index contributed by atoms with van der Waals surface area (Å²) in [6.07, 6.45) is 1.13. The lowest BCUT2D eigenvalue weighted by Gasteiger charge is -2.05. The number of anilines is 1. The molecular weight excluding hydrogens is 266 g/mol. The largest absolute Gasteiger partial charge is 0.345 e. The van der Waals surface area contributed by atoms with Gasteiger partial charge in [-0.1, -0.05) is 17.7 Å². The minimum Gasteiger partial charge on any atom is -0.298 e. The molecule has 0 atom stereocenters. The van der Waals surface area contributed by atoms with Gasteiger partial charge in [0.15, 0.2) is 5.13 Å². The van der Waals surface area contributed by atoms with Crippen LogP contribution in [0.3, 0.4) is 0 Å². The van der Waals surface area contributed by atoms with Crippen LogP contribution in [0.1, 0.15) is 21.5 Å². The summed E-state index contributed by atoms with van der Waals surface area (Å²) in [7, 11) is 0. The molecule has 7 heteroatoms. The number of amides is 1. The maximum Gasteiger partial charge on any atom is 0.345 e. The summed E-state index contributed by atoms with van der Waals surface area (Å²) < 4.78 is 0. The molecule has 1 N–H and O–H groups in total. The van der Waals surface area contributed by atoms with E-state index in [1.807, 2.05) is 26.0 Å². The fourth-order valence-electron chi connectivity index (χ4n) is 1.64. The van der Waals surface area contributed by atoms with E-state index in [0.29, 0.717) is 5.56 Å². The van der Waals surface area contributed by atoms with Gasteiger partial charge in [0, 0.05) is 5.56 Å². The third-order valence-electron chi connectivity index (χ3n) is 2.52. The van der Waals surface area contributed by atoms with Gasteiger partial charge in [-0.2, -0.15) is 0 Å². The lowest BCUT2D eigenvalue weighted by molar-refractivity contribution is -0.380. The van der Waals surface area contributed by atoms with Crippen LogP contribution in [0.4, 0.5) is 10.1 Å². The van der Waals surface area contributed by atoms with Gasteiger partial charge >= 0.3 is 5.00 Å². The van der Waals surface area contributed by atoms with Gasteiger partial charge in [0.1, 0.15) is 6.20 Å². The van der Waals surface area contributed by atoms with Crippen LogP contribution in [0.15, 0.2) is 24.4 Å². The second-order valence-electron chi connectivity index (χ2n) is 4.03. The van der Waals surface area contributed by atoms with Gasteiger partial charge in [0.2, 0.25) is 0 Å². The van der Waals surface area contributed by atoms with Gasteiger partial charge in [0.05, 0.1) is 4.92 Å². The van der Waals surface area contributed by atoms with Crippen LogP contribution in [-0.4, -0.2) is 15.8 Å². The number of nitrogens with one attached hydrogen (secondary N) is 1. The first-order valence-corrected chi connectivity index (χ1v) is 6.28. The van der Waals surface area contributed by atoms with Crippen LogP contribution >= 0.6 is 11.3 Å². The smallest absolute Gasteiger partial charge is 0.298 e. The molecule has 0 radical (unpaired) electrons. The van der Waals surface area contributed by atoms with E-state index >= 15 is 0 Å². The second kappa shape index (κ2) is 5.15. The average Bonchev–Trinajstić information content (AvgIpc) is 2.77. The molecule has 0 saturated heterocycles. The van der Waals surface area contributed by atoms with Crippen LogP contribution in [0.25, 0.3) is 0 Å². The van der Waals surface area contributed by atoms with Crippen LogP contribution in [-0.2, 0) is 0 Å². The predicted molar refractivity (Wildman–Crippen MR) is 72.6 cm³/mol. The highest BCUT2D eigenvalue weighted by Gasteiger charge is 2.15. The molecule has 6 nitrogen and oxygen atoms in total. The number of benzene rings is 1. The summed E-state index contributed by atoms with van der Waals surface area (Å²) in [5, 5.41) is 13.2. The van der Waals surface area contributed by atoms with E-state index in [1.54, 1.807) is 6.07 Å². The summed E-state index contributed by atoms with van der Waals surface area (Å²) in [6, 6.07) is 5.47. The van der Waals surface area contributed by atoms with E-state index in [9.17, 15) is 14.9 Å². The highest BCUT2D eigenvalue weighted by molar-refractivity contribution is 7.18. The number of nitrogens with zero attached hydrogens (tertiary/aromatic N) is 2. The normalized spacial score (nSPS) is 10.2. The SMILES string of the molecule is Cc1ccc(C(=O)Nc2ncc([N+](=O)[O-])s2)c(C)c1. The maximum atomic E-state index is 12.0. The zero-order chi connectivity index (χ0) is 14.0. The zero-order valence-corrected chi connectivity index (χ0v) is 11.2. The molecule has 0 fully saturated rings. The third kappa shape index (κ3) is 2.94. The van der Waals surface area contributed by atoms with Crippen molar-refractivity contribution in [2.24, 2.45) is 0 Å². The topological polar surface area (TPSA) is 85.1 Å². The number of carbonyl (C=O) groups excluding carboxylic acids is 1. The van der Waals surface area contributed by atoms with Gasteiger partial charge in [-0.3, -0.25) is 20.2 Å². The Kier molecular flexibility index (Phi) is 3.57. The Bertz CT molecular complexity index is 651. The quantitative estimate of drug-likeness (QED) is 0.690. The molecule has 1 amide bonds. The van der Waals surface area contributed by atoms with E-state index in [2.05, 4.69) is 10.3 Å². The number of aromatic nitrogens is 1. The van der Waals surface area contributed by atoms with E-state index in [1.165, 1.54) is 0 Å². The van der Waals surface area contributed by atoms with Crippen LogP contribution in [0.2, 0.25) is 0 Å². The van der Waals surface area contributed by atoms with Gasteiger partial charge in [0.25, 0.3) is 5.91 Å². The Morgan fingerprint density at radius 1 is 1.42 bits per heavy atom. The molecule has 0 aliphatic carbocycles. The summed E-state index contributed by atoms with van der Waals surface area (Å²) in [6.45, 7) is 3.78. The number of rotatable bonds is 3. The first kappa shape index (κ1) is 13.2. The minimum absolute atomic E-state index is 0.101. The molecular formula is C12H11N3O3S. The third-order valence-corrected chi connectivity index (χ3v) is 3.38. The molecule has 0 bridgehead atoms. The van der Waals surface area contributed by atoms with Crippen molar-refractivity contribution in [3.63, 3.8) is 0 Å². The molecule has 2 rings (SSSR count). The monoisotopic (exact) mass is 277 g/mol. The Labute approximate surface area is 113 Å².